The van der Waals surface area contributed by atoms with Gasteiger partial charge >= 0.3 is 11.8 Å². The van der Waals surface area contributed by atoms with Gasteiger partial charge in [-0.3, -0.25) is 13.9 Å². The largest absolute Gasteiger partial charge is 0.412 e. The van der Waals surface area contributed by atoms with Crippen LogP contribution >= 0.6 is 0 Å². The number of hydrogen-bond donors (Lipinski definition) is 2. The molecule has 2 heterocycles. The minimum atomic E-state index is -0.571. The molecule has 2 amide bonds. The van der Waals surface area contributed by atoms with E-state index in [9.17, 15) is 14.4 Å². The van der Waals surface area contributed by atoms with Crippen LogP contribution in [-0.4, -0.2) is 58.8 Å². The molecule has 0 radical (unpaired) electrons. The number of rotatable bonds is 8. The molecule has 1 aliphatic rings. The van der Waals surface area contributed by atoms with Crippen molar-refractivity contribution < 1.29 is 14.3 Å². The lowest BCUT2D eigenvalue weighted by molar-refractivity contribution is 0.0725. The third-order valence-electron chi connectivity index (χ3n) is 6.93. The van der Waals surface area contributed by atoms with E-state index in [0.717, 1.165) is 16.8 Å². The van der Waals surface area contributed by atoms with Gasteiger partial charge in [-0.05, 0) is 37.1 Å². The summed E-state index contributed by atoms with van der Waals surface area (Å²) in [6.07, 6.45) is -0.143. The zero-order chi connectivity index (χ0) is 27.9. The molecule has 1 aliphatic heterocycles. The minimum Gasteiger partial charge on any atom is -0.410 e. The fourth-order valence-corrected chi connectivity index (χ4v) is 4.95. The van der Waals surface area contributed by atoms with Crippen LogP contribution in [0.2, 0.25) is 0 Å². The number of nitrogens with one attached hydrogen (secondary N) is 2. The Morgan fingerprint density at radius 1 is 0.902 bits per heavy atom. The molecule has 1 aromatic heterocycles. The molecular weight excluding hydrogens is 518 g/mol. The highest BCUT2D eigenvalue weighted by Gasteiger charge is 2.31. The van der Waals surface area contributed by atoms with Gasteiger partial charge in [0.05, 0.1) is 11.4 Å². The molecule has 9 nitrogen and oxygen atoms in total. The second-order valence-corrected chi connectivity index (χ2v) is 9.64. The van der Waals surface area contributed by atoms with E-state index in [1.54, 1.807) is 38.3 Å². The molecule has 0 saturated carbocycles. The number of aryl methyl sites for hydroxylation is 1. The smallest absolute Gasteiger partial charge is 0.410 e. The van der Waals surface area contributed by atoms with Crippen molar-refractivity contribution in [2.24, 2.45) is 0 Å². The highest BCUT2D eigenvalue weighted by molar-refractivity contribution is 5.99. The molecule has 3 aromatic carbocycles. The van der Waals surface area contributed by atoms with Gasteiger partial charge in [-0.15, -0.1) is 0 Å². The van der Waals surface area contributed by atoms with Crippen LogP contribution in [0.25, 0.3) is 16.9 Å². The number of aromatic nitrogens is 2. The van der Waals surface area contributed by atoms with Gasteiger partial charge in [-0.25, -0.2) is 9.59 Å². The SMILES string of the molecule is C.Cc1ccccc1-n1c(-c2ccccc2)c(C(=O)N2CCNCC2)n(CCCNC(=O)Oc2ccccc2)c1=O. The monoisotopic (exact) mass is 555 g/mol. The highest BCUT2D eigenvalue weighted by atomic mass is 16.6. The molecule has 1 saturated heterocycles. The van der Waals surface area contributed by atoms with E-state index in [4.69, 9.17) is 4.74 Å². The third-order valence-corrected chi connectivity index (χ3v) is 6.93. The average Bonchev–Trinajstić information content (AvgIpc) is 3.28. The molecular formula is C32H37N5O4. The second kappa shape index (κ2) is 13.6. The Kier molecular flexibility index (Phi) is 9.76. The molecule has 4 aromatic rings. The van der Waals surface area contributed by atoms with Crippen LogP contribution in [0, 0.1) is 6.92 Å². The lowest BCUT2D eigenvalue weighted by Crippen LogP contribution is -2.47. The number of ether oxygens (including phenoxy) is 1. The Morgan fingerprint density at radius 3 is 2.22 bits per heavy atom. The quantitative estimate of drug-likeness (QED) is 0.313. The predicted molar refractivity (Wildman–Crippen MR) is 161 cm³/mol. The van der Waals surface area contributed by atoms with Crippen LogP contribution in [0.1, 0.15) is 29.9 Å². The Balaban J connectivity index is 0.00000387. The van der Waals surface area contributed by atoms with Gasteiger partial charge < -0.3 is 20.3 Å². The van der Waals surface area contributed by atoms with Crippen LogP contribution in [-0.2, 0) is 6.54 Å². The number of para-hydroxylation sites is 2. The number of piperazine rings is 1. The summed E-state index contributed by atoms with van der Waals surface area (Å²) < 4.78 is 8.50. The van der Waals surface area contributed by atoms with E-state index in [1.165, 1.54) is 0 Å². The van der Waals surface area contributed by atoms with Crippen molar-refractivity contribution in [2.75, 3.05) is 32.7 Å². The maximum Gasteiger partial charge on any atom is 0.412 e. The summed E-state index contributed by atoms with van der Waals surface area (Å²) in [6, 6.07) is 26.0. The highest BCUT2D eigenvalue weighted by Crippen LogP contribution is 2.29. The van der Waals surface area contributed by atoms with Crippen LogP contribution in [0.3, 0.4) is 0 Å². The first-order valence-electron chi connectivity index (χ1n) is 13.5. The van der Waals surface area contributed by atoms with Gasteiger partial charge in [0.15, 0.2) is 0 Å². The number of amides is 2. The summed E-state index contributed by atoms with van der Waals surface area (Å²) >= 11 is 0. The number of imidazole rings is 1. The van der Waals surface area contributed by atoms with E-state index in [2.05, 4.69) is 10.6 Å². The maximum absolute atomic E-state index is 14.1. The Labute approximate surface area is 240 Å². The standard InChI is InChI=1S/C31H33N5O4.CH4/c1-23-11-8-9-16-26(23)36-27(24-12-4-2-5-13-24)28(29(37)34-21-18-32-19-22-34)35(31(36)39)20-10-17-33-30(38)40-25-14-6-3-7-15-25;/h2-9,11-16,32H,10,17-22H2,1H3,(H,33,38);1H4. The predicted octanol–water partition coefficient (Wildman–Crippen LogP) is 4.47. The average molecular weight is 556 g/mol. The summed E-state index contributed by atoms with van der Waals surface area (Å²) in [6.45, 7) is 4.98. The normalized spacial score (nSPS) is 12.9. The summed E-state index contributed by atoms with van der Waals surface area (Å²) in [5.74, 6) is 0.268. The van der Waals surface area contributed by atoms with E-state index >= 15 is 0 Å². The zero-order valence-electron chi connectivity index (χ0n) is 22.5. The molecule has 0 aliphatic carbocycles. The van der Waals surface area contributed by atoms with Crippen molar-refractivity contribution in [3.63, 3.8) is 0 Å². The number of carbonyl (C=O) groups excluding carboxylic acids is 2. The fourth-order valence-electron chi connectivity index (χ4n) is 4.95. The van der Waals surface area contributed by atoms with Crippen molar-refractivity contribution in [3.05, 3.63) is 107 Å². The number of carbonyl (C=O) groups is 2. The molecule has 5 rings (SSSR count). The lowest BCUT2D eigenvalue weighted by atomic mass is 10.1. The Morgan fingerprint density at radius 2 is 1.54 bits per heavy atom. The van der Waals surface area contributed by atoms with Crippen molar-refractivity contribution in [3.8, 4) is 22.7 Å². The Hall–Kier alpha value is -4.63. The first-order chi connectivity index (χ1) is 19.5. The summed E-state index contributed by atoms with van der Waals surface area (Å²) in [7, 11) is 0. The van der Waals surface area contributed by atoms with Crippen LogP contribution < -0.4 is 21.1 Å². The van der Waals surface area contributed by atoms with E-state index < -0.39 is 6.09 Å². The summed E-state index contributed by atoms with van der Waals surface area (Å²) in [5.41, 5.74) is 3.06. The van der Waals surface area contributed by atoms with Gasteiger partial charge in [-0.2, -0.15) is 0 Å². The number of benzene rings is 3. The van der Waals surface area contributed by atoms with Gasteiger partial charge in [0, 0.05) is 44.8 Å². The zero-order valence-corrected chi connectivity index (χ0v) is 22.5. The van der Waals surface area contributed by atoms with Gasteiger partial charge in [0.2, 0.25) is 0 Å². The Bertz CT molecular complexity index is 1520. The van der Waals surface area contributed by atoms with Crippen LogP contribution in [0.15, 0.2) is 89.7 Å². The number of nitrogens with zero attached hydrogens (tertiary/aromatic N) is 3. The summed E-state index contributed by atoms with van der Waals surface area (Å²) in [5, 5.41) is 6.02. The molecule has 214 valence electrons. The maximum atomic E-state index is 14.1. The topological polar surface area (TPSA) is 97.6 Å². The first-order valence-corrected chi connectivity index (χ1v) is 13.5. The molecule has 0 unspecified atom stereocenters. The molecule has 41 heavy (non-hydrogen) atoms. The fraction of sp³-hybridized carbons (Fsp3) is 0.281. The van der Waals surface area contributed by atoms with Gasteiger partial charge in [0.1, 0.15) is 11.4 Å². The second-order valence-electron chi connectivity index (χ2n) is 9.64. The van der Waals surface area contributed by atoms with Gasteiger partial charge in [-0.1, -0.05) is 74.2 Å². The number of hydrogen-bond acceptors (Lipinski definition) is 5. The van der Waals surface area contributed by atoms with Gasteiger partial charge in [0.25, 0.3) is 5.91 Å². The molecule has 2 N–H and O–H groups in total. The molecule has 0 atom stereocenters. The molecule has 0 bridgehead atoms. The summed E-state index contributed by atoms with van der Waals surface area (Å²) in [4.78, 5) is 42.3. The first kappa shape index (κ1) is 29.4. The van der Waals surface area contributed by atoms with Crippen molar-refractivity contribution >= 4 is 12.0 Å². The van der Waals surface area contributed by atoms with Crippen molar-refractivity contribution in [1.29, 1.82) is 0 Å². The van der Waals surface area contributed by atoms with Crippen molar-refractivity contribution in [1.82, 2.24) is 24.7 Å². The van der Waals surface area contributed by atoms with Crippen molar-refractivity contribution in [2.45, 2.75) is 27.3 Å². The van der Waals surface area contributed by atoms with E-state index in [-0.39, 0.29) is 32.1 Å². The molecule has 1 fully saturated rings. The molecule has 0 spiro atoms. The van der Waals surface area contributed by atoms with E-state index in [1.807, 2.05) is 67.6 Å². The lowest BCUT2D eigenvalue weighted by Gasteiger charge is -2.28. The molecule has 9 heteroatoms. The van der Waals surface area contributed by atoms with Crippen LogP contribution in [0.4, 0.5) is 4.79 Å². The third kappa shape index (κ3) is 6.58. The van der Waals surface area contributed by atoms with Crippen LogP contribution in [0.5, 0.6) is 5.75 Å². The minimum absolute atomic E-state index is 0. The van der Waals surface area contributed by atoms with E-state index in [0.29, 0.717) is 49.7 Å².